The Morgan fingerprint density at radius 2 is 1.96 bits per heavy atom. The molecule has 0 N–H and O–H groups in total. The van der Waals surface area contributed by atoms with E-state index in [0.29, 0.717) is 18.9 Å². The molecule has 0 radical (unpaired) electrons. The van der Waals surface area contributed by atoms with E-state index in [-0.39, 0.29) is 5.63 Å². The summed E-state index contributed by atoms with van der Waals surface area (Å²) >= 11 is 0. The minimum Gasteiger partial charge on any atom is -0.473 e. The smallest absolute Gasteiger partial charge is 0.336 e. The Morgan fingerprint density at radius 3 is 2.74 bits per heavy atom. The van der Waals surface area contributed by atoms with Crippen molar-refractivity contribution in [2.45, 2.75) is 46.6 Å². The fourth-order valence-corrected chi connectivity index (χ4v) is 3.89. The van der Waals surface area contributed by atoms with Gasteiger partial charge >= 0.3 is 5.63 Å². The Kier molecular flexibility index (Phi) is 4.65. The van der Waals surface area contributed by atoms with Gasteiger partial charge in [-0.2, -0.15) is 0 Å². The number of benzene rings is 2. The molecule has 0 aliphatic carbocycles. The van der Waals surface area contributed by atoms with Gasteiger partial charge in [-0.05, 0) is 56.0 Å². The zero-order valence-corrected chi connectivity index (χ0v) is 16.2. The van der Waals surface area contributed by atoms with Crippen LogP contribution in [0.1, 0.15) is 42.0 Å². The molecule has 3 aromatic rings. The number of hydrogen-bond acceptors (Lipinski definition) is 4. The molecule has 0 spiro atoms. The second-order valence-corrected chi connectivity index (χ2v) is 7.37. The topological polar surface area (TPSA) is 42.7 Å². The van der Waals surface area contributed by atoms with Crippen LogP contribution in [-0.2, 0) is 13.0 Å². The van der Waals surface area contributed by atoms with Gasteiger partial charge in [0.1, 0.15) is 11.3 Å². The summed E-state index contributed by atoms with van der Waals surface area (Å²) in [5, 5.41) is 1.02. The van der Waals surface area contributed by atoms with Crippen molar-refractivity contribution in [3.8, 4) is 5.75 Å². The summed E-state index contributed by atoms with van der Waals surface area (Å²) in [5.41, 5.74) is 6.00. The van der Waals surface area contributed by atoms with Crippen LogP contribution in [-0.4, -0.2) is 6.73 Å². The van der Waals surface area contributed by atoms with E-state index in [1.807, 2.05) is 12.1 Å². The molecule has 0 amide bonds. The van der Waals surface area contributed by atoms with Crippen molar-refractivity contribution in [3.63, 3.8) is 0 Å². The fourth-order valence-electron chi connectivity index (χ4n) is 3.89. The van der Waals surface area contributed by atoms with Crippen LogP contribution >= 0.6 is 0 Å². The zero-order valence-electron chi connectivity index (χ0n) is 16.2. The summed E-state index contributed by atoms with van der Waals surface area (Å²) in [6, 6.07) is 12.1. The Balaban J connectivity index is 1.79. The second kappa shape index (κ2) is 7.10. The first-order valence-corrected chi connectivity index (χ1v) is 9.60. The number of anilines is 1. The Hall–Kier alpha value is -2.75. The average molecular weight is 363 g/mol. The summed E-state index contributed by atoms with van der Waals surface area (Å²) in [7, 11) is 0. The molecule has 4 heteroatoms. The van der Waals surface area contributed by atoms with Crippen molar-refractivity contribution in [2.75, 3.05) is 11.6 Å². The number of fused-ring (bicyclic) bond motifs is 3. The van der Waals surface area contributed by atoms with Gasteiger partial charge in [-0.15, -0.1) is 0 Å². The van der Waals surface area contributed by atoms with Gasteiger partial charge in [0.15, 0.2) is 6.73 Å². The molecule has 27 heavy (non-hydrogen) atoms. The lowest BCUT2D eigenvalue weighted by Crippen LogP contribution is -2.32. The van der Waals surface area contributed by atoms with Crippen LogP contribution in [0.5, 0.6) is 5.75 Å². The average Bonchev–Trinajstić information content (AvgIpc) is 2.65. The highest BCUT2D eigenvalue weighted by Crippen LogP contribution is 2.35. The van der Waals surface area contributed by atoms with Crippen molar-refractivity contribution >= 4 is 16.7 Å². The Morgan fingerprint density at radius 1 is 1.11 bits per heavy atom. The van der Waals surface area contributed by atoms with E-state index < -0.39 is 0 Å². The van der Waals surface area contributed by atoms with Crippen molar-refractivity contribution in [1.29, 1.82) is 0 Å². The maximum absolute atomic E-state index is 12.2. The van der Waals surface area contributed by atoms with Gasteiger partial charge in [0, 0.05) is 17.1 Å². The molecule has 1 aromatic heterocycles. The molecule has 2 aromatic carbocycles. The predicted molar refractivity (Wildman–Crippen MR) is 109 cm³/mol. The third kappa shape index (κ3) is 3.32. The zero-order chi connectivity index (χ0) is 19.0. The van der Waals surface area contributed by atoms with Crippen LogP contribution in [0.15, 0.2) is 45.6 Å². The van der Waals surface area contributed by atoms with Gasteiger partial charge in [-0.1, -0.05) is 31.0 Å². The highest BCUT2D eigenvalue weighted by atomic mass is 16.5. The normalized spacial score (nSPS) is 13.5. The number of hydrogen-bond donors (Lipinski definition) is 0. The summed E-state index contributed by atoms with van der Waals surface area (Å²) in [6.45, 7) is 7.52. The molecule has 140 valence electrons. The van der Waals surface area contributed by atoms with Crippen LogP contribution in [0.4, 0.5) is 5.69 Å². The highest BCUT2D eigenvalue weighted by Gasteiger charge is 2.23. The van der Waals surface area contributed by atoms with Crippen LogP contribution in [0.2, 0.25) is 0 Å². The lowest BCUT2D eigenvalue weighted by Gasteiger charge is -2.32. The quantitative estimate of drug-likeness (QED) is 0.604. The monoisotopic (exact) mass is 363 g/mol. The van der Waals surface area contributed by atoms with E-state index in [0.717, 1.165) is 47.2 Å². The molecule has 1 aliphatic rings. The van der Waals surface area contributed by atoms with Gasteiger partial charge < -0.3 is 14.1 Å². The highest BCUT2D eigenvalue weighted by molar-refractivity contribution is 5.85. The molecule has 1 aliphatic heterocycles. The molecule has 0 bridgehead atoms. The summed E-state index contributed by atoms with van der Waals surface area (Å²) in [4.78, 5) is 14.4. The first-order valence-electron chi connectivity index (χ1n) is 9.60. The molecular weight excluding hydrogens is 338 g/mol. The molecule has 0 atom stereocenters. The van der Waals surface area contributed by atoms with Gasteiger partial charge in [0.05, 0.1) is 12.1 Å². The lowest BCUT2D eigenvalue weighted by atomic mass is 10.0. The summed E-state index contributed by atoms with van der Waals surface area (Å²) in [6.07, 6.45) is 3.04. The minimum absolute atomic E-state index is 0.286. The SMILES string of the molecule is CCCCc1cc(=O)oc2c3c(ccc12)OCN(c1ccc(C)cc1C)C3. The van der Waals surface area contributed by atoms with E-state index >= 15 is 0 Å². The van der Waals surface area contributed by atoms with Gasteiger partial charge in [0.2, 0.25) is 0 Å². The maximum Gasteiger partial charge on any atom is 0.336 e. The third-order valence-corrected chi connectivity index (χ3v) is 5.28. The molecule has 0 saturated heterocycles. The van der Waals surface area contributed by atoms with Crippen molar-refractivity contribution < 1.29 is 9.15 Å². The first kappa shape index (κ1) is 17.7. The van der Waals surface area contributed by atoms with Crippen LogP contribution in [0, 0.1) is 13.8 Å². The summed E-state index contributed by atoms with van der Waals surface area (Å²) < 4.78 is 11.7. The van der Waals surface area contributed by atoms with E-state index in [1.54, 1.807) is 6.07 Å². The van der Waals surface area contributed by atoms with Crippen molar-refractivity contribution in [2.24, 2.45) is 0 Å². The summed E-state index contributed by atoms with van der Waals surface area (Å²) in [5.74, 6) is 0.805. The Bertz CT molecular complexity index is 1050. The number of aryl methyl sites for hydroxylation is 3. The van der Waals surface area contributed by atoms with Crippen LogP contribution in [0.3, 0.4) is 0 Å². The van der Waals surface area contributed by atoms with E-state index in [1.165, 1.54) is 11.1 Å². The third-order valence-electron chi connectivity index (χ3n) is 5.28. The van der Waals surface area contributed by atoms with Crippen LogP contribution < -0.4 is 15.3 Å². The predicted octanol–water partition coefficient (Wildman–Crippen LogP) is 5.11. The molecular formula is C23H25NO3. The lowest BCUT2D eigenvalue weighted by molar-refractivity contribution is 0.289. The molecule has 0 unspecified atom stereocenters. The van der Waals surface area contributed by atoms with E-state index in [2.05, 4.69) is 43.9 Å². The number of unbranched alkanes of at least 4 members (excludes halogenated alkanes) is 1. The number of ether oxygens (including phenoxy) is 1. The first-order chi connectivity index (χ1) is 13.1. The molecule has 4 nitrogen and oxygen atoms in total. The maximum atomic E-state index is 12.2. The standard InChI is InChI=1S/C23H25NO3/c1-4-5-6-17-12-22(25)27-23-18(17)8-10-21-19(23)13-24(14-26-21)20-9-7-15(2)11-16(20)3/h7-12H,4-6,13-14H2,1-3H3. The molecule has 2 heterocycles. The fraction of sp³-hybridized carbons (Fsp3) is 0.348. The number of nitrogens with zero attached hydrogens (tertiary/aromatic N) is 1. The van der Waals surface area contributed by atoms with E-state index in [9.17, 15) is 4.79 Å². The van der Waals surface area contributed by atoms with Gasteiger partial charge in [0.25, 0.3) is 0 Å². The van der Waals surface area contributed by atoms with Gasteiger partial charge in [-0.3, -0.25) is 0 Å². The van der Waals surface area contributed by atoms with Crippen LogP contribution in [0.25, 0.3) is 11.0 Å². The van der Waals surface area contributed by atoms with Crippen molar-refractivity contribution in [3.05, 3.63) is 69.1 Å². The molecule has 0 fully saturated rings. The number of rotatable bonds is 4. The Labute approximate surface area is 159 Å². The minimum atomic E-state index is -0.286. The molecule has 0 saturated carbocycles. The molecule has 4 rings (SSSR count). The largest absolute Gasteiger partial charge is 0.473 e. The van der Waals surface area contributed by atoms with E-state index in [4.69, 9.17) is 9.15 Å². The van der Waals surface area contributed by atoms with Crippen molar-refractivity contribution in [1.82, 2.24) is 0 Å². The van der Waals surface area contributed by atoms with Gasteiger partial charge in [-0.25, -0.2) is 4.79 Å². The second-order valence-electron chi connectivity index (χ2n) is 7.37.